The van der Waals surface area contributed by atoms with Gasteiger partial charge in [-0.05, 0) is 43.2 Å². The Bertz CT molecular complexity index is 743. The summed E-state index contributed by atoms with van der Waals surface area (Å²) in [5.41, 5.74) is 12.1. The van der Waals surface area contributed by atoms with Crippen molar-refractivity contribution in [1.29, 1.82) is 0 Å². The second-order valence-corrected chi connectivity index (χ2v) is 4.83. The molecule has 3 rings (SSSR count). The molecule has 96 valence electrons. The second kappa shape index (κ2) is 4.48. The van der Waals surface area contributed by atoms with Crippen LogP contribution >= 0.6 is 0 Å². The minimum absolute atomic E-state index is 0.473. The Hall–Kier alpha value is -2.20. The molecular formula is C15H16N4. The van der Waals surface area contributed by atoms with Crippen LogP contribution in [-0.2, 0) is 6.54 Å². The molecule has 1 aromatic carbocycles. The van der Waals surface area contributed by atoms with Crippen LogP contribution in [0.2, 0.25) is 0 Å². The Labute approximate surface area is 111 Å². The third-order valence-electron chi connectivity index (χ3n) is 3.42. The van der Waals surface area contributed by atoms with E-state index in [1.807, 2.05) is 6.07 Å². The van der Waals surface area contributed by atoms with E-state index in [1.54, 1.807) is 6.20 Å². The van der Waals surface area contributed by atoms with E-state index in [0.29, 0.717) is 6.54 Å². The van der Waals surface area contributed by atoms with Crippen LogP contribution in [0.3, 0.4) is 0 Å². The Morgan fingerprint density at radius 2 is 2.05 bits per heavy atom. The van der Waals surface area contributed by atoms with Gasteiger partial charge in [0.1, 0.15) is 5.69 Å². The molecule has 0 atom stereocenters. The molecule has 19 heavy (non-hydrogen) atoms. The Balaban J connectivity index is 2.21. The first-order valence-corrected chi connectivity index (χ1v) is 6.30. The van der Waals surface area contributed by atoms with E-state index >= 15 is 0 Å². The normalized spacial score (nSPS) is 11.1. The summed E-state index contributed by atoms with van der Waals surface area (Å²) in [6, 6.07) is 8.37. The first kappa shape index (κ1) is 11.9. The minimum Gasteiger partial charge on any atom is -0.353 e. The molecule has 4 heteroatoms. The molecule has 2 aromatic heterocycles. The smallest absolute Gasteiger partial charge is 0.110 e. The van der Waals surface area contributed by atoms with Crippen molar-refractivity contribution in [2.45, 2.75) is 20.4 Å². The molecule has 0 spiro atoms. The van der Waals surface area contributed by atoms with Gasteiger partial charge in [-0.25, -0.2) is 0 Å². The zero-order chi connectivity index (χ0) is 13.4. The number of aromatic amines is 1. The van der Waals surface area contributed by atoms with Gasteiger partial charge >= 0.3 is 0 Å². The van der Waals surface area contributed by atoms with Gasteiger partial charge in [-0.3, -0.25) is 0 Å². The van der Waals surface area contributed by atoms with E-state index < -0.39 is 0 Å². The standard InChI is InChI=1S/C15H16N4/c1-9-3-4-13-12(5-9)10(2)15(18-13)14-6-11(7-16)8-17-19-14/h3-6,8,18H,7,16H2,1-2H3. The monoisotopic (exact) mass is 252 g/mol. The largest absolute Gasteiger partial charge is 0.353 e. The van der Waals surface area contributed by atoms with Crippen LogP contribution in [-0.4, -0.2) is 15.2 Å². The topological polar surface area (TPSA) is 67.6 Å². The van der Waals surface area contributed by atoms with E-state index in [1.165, 1.54) is 16.5 Å². The van der Waals surface area contributed by atoms with Crippen molar-refractivity contribution in [3.05, 3.63) is 47.2 Å². The molecule has 0 saturated heterocycles. The van der Waals surface area contributed by atoms with Gasteiger partial charge in [0, 0.05) is 17.4 Å². The highest BCUT2D eigenvalue weighted by molar-refractivity contribution is 5.90. The van der Waals surface area contributed by atoms with Crippen molar-refractivity contribution >= 4 is 10.9 Å². The first-order valence-electron chi connectivity index (χ1n) is 6.30. The fourth-order valence-corrected chi connectivity index (χ4v) is 2.34. The third kappa shape index (κ3) is 2.00. The highest BCUT2D eigenvalue weighted by atomic mass is 15.1. The maximum atomic E-state index is 5.65. The highest BCUT2D eigenvalue weighted by Crippen LogP contribution is 2.29. The summed E-state index contributed by atoms with van der Waals surface area (Å²) in [5, 5.41) is 9.44. The quantitative estimate of drug-likeness (QED) is 0.736. The van der Waals surface area contributed by atoms with Crippen molar-refractivity contribution in [2.24, 2.45) is 5.73 Å². The molecule has 0 radical (unpaired) electrons. The van der Waals surface area contributed by atoms with Crippen molar-refractivity contribution in [2.75, 3.05) is 0 Å². The number of fused-ring (bicyclic) bond motifs is 1. The van der Waals surface area contributed by atoms with Gasteiger partial charge < -0.3 is 10.7 Å². The summed E-state index contributed by atoms with van der Waals surface area (Å²) in [6.07, 6.45) is 1.70. The number of aromatic nitrogens is 3. The van der Waals surface area contributed by atoms with E-state index in [9.17, 15) is 0 Å². The van der Waals surface area contributed by atoms with Crippen molar-refractivity contribution in [3.63, 3.8) is 0 Å². The molecule has 0 aliphatic heterocycles. The molecule has 0 amide bonds. The summed E-state index contributed by atoms with van der Waals surface area (Å²) in [5.74, 6) is 0. The first-order chi connectivity index (χ1) is 9.19. The lowest BCUT2D eigenvalue weighted by Crippen LogP contribution is -1.99. The number of benzene rings is 1. The number of nitrogens with one attached hydrogen (secondary N) is 1. The zero-order valence-corrected chi connectivity index (χ0v) is 11.1. The van der Waals surface area contributed by atoms with Crippen LogP contribution in [0.15, 0.2) is 30.5 Å². The SMILES string of the molecule is Cc1ccc2[nH]c(-c3cc(CN)cnn3)c(C)c2c1. The molecule has 0 unspecified atom stereocenters. The van der Waals surface area contributed by atoms with Gasteiger partial charge in [-0.1, -0.05) is 11.6 Å². The number of hydrogen-bond donors (Lipinski definition) is 2. The van der Waals surface area contributed by atoms with E-state index in [2.05, 4.69) is 47.2 Å². The number of H-pyrrole nitrogens is 1. The van der Waals surface area contributed by atoms with Gasteiger partial charge in [0.15, 0.2) is 0 Å². The number of aryl methyl sites for hydroxylation is 2. The van der Waals surface area contributed by atoms with Gasteiger partial charge in [0.25, 0.3) is 0 Å². The molecule has 0 bridgehead atoms. The summed E-state index contributed by atoms with van der Waals surface area (Å²) in [4.78, 5) is 3.42. The zero-order valence-electron chi connectivity index (χ0n) is 11.1. The number of nitrogens with zero attached hydrogens (tertiary/aromatic N) is 2. The van der Waals surface area contributed by atoms with Crippen LogP contribution in [0, 0.1) is 13.8 Å². The molecule has 4 nitrogen and oxygen atoms in total. The summed E-state index contributed by atoms with van der Waals surface area (Å²) >= 11 is 0. The number of hydrogen-bond acceptors (Lipinski definition) is 3. The summed E-state index contributed by atoms with van der Waals surface area (Å²) < 4.78 is 0. The van der Waals surface area contributed by atoms with Gasteiger partial charge in [0.05, 0.1) is 11.9 Å². The maximum absolute atomic E-state index is 5.65. The molecule has 2 heterocycles. The predicted octanol–water partition coefficient (Wildman–Crippen LogP) is 2.70. The lowest BCUT2D eigenvalue weighted by molar-refractivity contribution is 0.967. The minimum atomic E-state index is 0.473. The maximum Gasteiger partial charge on any atom is 0.110 e. The van der Waals surface area contributed by atoms with Crippen LogP contribution < -0.4 is 5.73 Å². The lowest BCUT2D eigenvalue weighted by atomic mass is 10.1. The van der Waals surface area contributed by atoms with Crippen LogP contribution in [0.1, 0.15) is 16.7 Å². The molecular weight excluding hydrogens is 236 g/mol. The summed E-state index contributed by atoms with van der Waals surface area (Å²) in [7, 11) is 0. The highest BCUT2D eigenvalue weighted by Gasteiger charge is 2.11. The third-order valence-corrected chi connectivity index (χ3v) is 3.42. The summed E-state index contributed by atoms with van der Waals surface area (Å²) in [6.45, 7) is 4.67. The fraction of sp³-hybridized carbons (Fsp3) is 0.200. The number of rotatable bonds is 2. The Morgan fingerprint density at radius 1 is 1.21 bits per heavy atom. The lowest BCUT2D eigenvalue weighted by Gasteiger charge is -2.01. The van der Waals surface area contributed by atoms with Crippen LogP contribution in [0.25, 0.3) is 22.3 Å². The van der Waals surface area contributed by atoms with Crippen LogP contribution in [0.5, 0.6) is 0 Å². The van der Waals surface area contributed by atoms with E-state index in [4.69, 9.17) is 5.73 Å². The van der Waals surface area contributed by atoms with Crippen LogP contribution in [0.4, 0.5) is 0 Å². The van der Waals surface area contributed by atoms with Crippen molar-refractivity contribution in [1.82, 2.24) is 15.2 Å². The van der Waals surface area contributed by atoms with E-state index in [-0.39, 0.29) is 0 Å². The molecule has 0 aliphatic rings. The second-order valence-electron chi connectivity index (χ2n) is 4.83. The van der Waals surface area contributed by atoms with Crippen molar-refractivity contribution < 1.29 is 0 Å². The van der Waals surface area contributed by atoms with Gasteiger partial charge in [0.2, 0.25) is 0 Å². The van der Waals surface area contributed by atoms with Crippen molar-refractivity contribution in [3.8, 4) is 11.4 Å². The molecule has 0 aliphatic carbocycles. The average molecular weight is 252 g/mol. The average Bonchev–Trinajstić information content (AvgIpc) is 2.76. The number of nitrogens with two attached hydrogens (primary N) is 1. The predicted molar refractivity (Wildman–Crippen MR) is 76.7 cm³/mol. The molecule has 3 aromatic rings. The van der Waals surface area contributed by atoms with Gasteiger partial charge in [-0.15, -0.1) is 5.10 Å². The Kier molecular flexibility index (Phi) is 2.80. The molecule has 3 N–H and O–H groups in total. The van der Waals surface area contributed by atoms with E-state index in [0.717, 1.165) is 22.5 Å². The fourth-order valence-electron chi connectivity index (χ4n) is 2.34. The Morgan fingerprint density at radius 3 is 2.84 bits per heavy atom. The molecule has 0 fully saturated rings. The molecule has 0 saturated carbocycles. The van der Waals surface area contributed by atoms with Gasteiger partial charge in [-0.2, -0.15) is 5.10 Å².